The molecule has 0 aliphatic carbocycles. The summed E-state index contributed by atoms with van der Waals surface area (Å²) >= 11 is -0.205. The van der Waals surface area contributed by atoms with Crippen molar-refractivity contribution in [3.05, 3.63) is 42.0 Å². The molecule has 0 spiro atoms. The van der Waals surface area contributed by atoms with Crippen molar-refractivity contribution >= 4 is 36.7 Å². The second kappa shape index (κ2) is 10.6. The van der Waals surface area contributed by atoms with Gasteiger partial charge in [-0.1, -0.05) is 0 Å². The standard InChI is InChI=1S/C7H7.C4H4O4.C3H7.Sn/c1-7-5-3-2-4-6-7;5-3(6)1-2-4(7)8;1-3-2;/h2-5H,1H3;1-2H,(H,5,6)(H,7,8);1,3H2,2H3;/b;2-1+;;. The number of carbonyl (C=O) groups is 2. The maximum absolute atomic E-state index is 9.55. The van der Waals surface area contributed by atoms with Crippen molar-refractivity contribution in [1.82, 2.24) is 0 Å². The van der Waals surface area contributed by atoms with E-state index in [1.165, 1.54) is 16.4 Å². The Bertz CT molecular complexity index is 425. The Kier molecular flexibility index (Phi) is 9.88. The second-order valence-corrected chi connectivity index (χ2v) is 7.73. The molecule has 1 aromatic rings. The first-order chi connectivity index (χ1) is 8.97. The van der Waals surface area contributed by atoms with E-state index in [1.54, 1.807) is 3.58 Å². The first-order valence-electron chi connectivity index (χ1n) is 5.90. The van der Waals surface area contributed by atoms with Crippen LogP contribution >= 0.6 is 0 Å². The molecule has 0 bridgehead atoms. The Hall–Kier alpha value is -1.30. The van der Waals surface area contributed by atoms with Crippen LogP contribution in [-0.4, -0.2) is 43.3 Å². The molecule has 0 aliphatic heterocycles. The number of aliphatic carboxylic acids is 2. The summed E-state index contributed by atoms with van der Waals surface area (Å²) in [5.74, 6) is -2.51. The van der Waals surface area contributed by atoms with E-state index in [9.17, 15) is 9.59 Å². The van der Waals surface area contributed by atoms with Gasteiger partial charge in [-0.2, -0.15) is 0 Å². The van der Waals surface area contributed by atoms with Crippen molar-refractivity contribution in [3.63, 3.8) is 0 Å². The van der Waals surface area contributed by atoms with Gasteiger partial charge in [0.25, 0.3) is 0 Å². The van der Waals surface area contributed by atoms with E-state index in [2.05, 4.69) is 38.1 Å². The predicted octanol–water partition coefficient (Wildman–Crippen LogP) is 1.86. The molecule has 5 heteroatoms. The molecule has 0 amide bonds. The summed E-state index contributed by atoms with van der Waals surface area (Å²) in [6.07, 6.45) is 2.48. The quantitative estimate of drug-likeness (QED) is 0.614. The van der Waals surface area contributed by atoms with Gasteiger partial charge in [-0.25, -0.2) is 9.59 Å². The van der Waals surface area contributed by atoms with Gasteiger partial charge in [0.1, 0.15) is 0 Å². The summed E-state index contributed by atoms with van der Waals surface area (Å²) in [5.41, 5.74) is 1.51. The zero-order valence-electron chi connectivity index (χ0n) is 11.1. The van der Waals surface area contributed by atoms with Gasteiger partial charge in [-0.15, -0.1) is 0 Å². The van der Waals surface area contributed by atoms with E-state index < -0.39 is 11.9 Å². The van der Waals surface area contributed by atoms with Crippen LogP contribution in [0.1, 0.15) is 18.9 Å². The Morgan fingerprint density at radius 1 is 1.16 bits per heavy atom. The number of rotatable bonds is 5. The molecule has 0 atom stereocenters. The molecule has 1 aromatic carbocycles. The Labute approximate surface area is 123 Å². The van der Waals surface area contributed by atoms with Crippen molar-refractivity contribution in [1.29, 1.82) is 0 Å². The van der Waals surface area contributed by atoms with Crippen LogP contribution in [0.4, 0.5) is 0 Å². The monoisotopic (exact) mass is 370 g/mol. The third-order valence-corrected chi connectivity index (χ3v) is 6.91. The summed E-state index contributed by atoms with van der Waals surface area (Å²) in [7, 11) is 0. The maximum Gasteiger partial charge on any atom is 0.328 e. The second-order valence-electron chi connectivity index (χ2n) is 3.75. The molecule has 0 saturated carbocycles. The number of benzene rings is 1. The molecule has 19 heavy (non-hydrogen) atoms. The molecule has 0 aromatic heterocycles. The Morgan fingerprint density at radius 3 is 2.11 bits per heavy atom. The first kappa shape index (κ1) is 17.7. The number of carboxylic acid groups (broad SMARTS) is 2. The fourth-order valence-electron chi connectivity index (χ4n) is 1.17. The smallest absolute Gasteiger partial charge is 0.328 e. The zero-order valence-corrected chi connectivity index (χ0v) is 13.9. The summed E-state index contributed by atoms with van der Waals surface area (Å²) in [5, 5.41) is 15.6. The van der Waals surface area contributed by atoms with Crippen LogP contribution in [0.2, 0.25) is 4.44 Å². The third kappa shape index (κ3) is 10.3. The van der Waals surface area contributed by atoms with Crippen LogP contribution in [0.5, 0.6) is 0 Å². The topological polar surface area (TPSA) is 74.6 Å². The minimum absolute atomic E-state index is 0.205. The average Bonchev–Trinajstić information content (AvgIpc) is 2.36. The van der Waals surface area contributed by atoms with Crippen LogP contribution in [-0.2, 0) is 9.59 Å². The molecular formula is C14H18O4Sn. The van der Waals surface area contributed by atoms with Crippen LogP contribution in [0.3, 0.4) is 0 Å². The van der Waals surface area contributed by atoms with E-state index in [4.69, 9.17) is 10.2 Å². The van der Waals surface area contributed by atoms with Gasteiger partial charge >= 0.3 is 91.2 Å². The molecule has 0 heterocycles. The van der Waals surface area contributed by atoms with Gasteiger partial charge in [-0.3, -0.25) is 0 Å². The van der Waals surface area contributed by atoms with Gasteiger partial charge in [0, 0.05) is 12.2 Å². The zero-order chi connectivity index (χ0) is 14.7. The number of hydrogen-bond donors (Lipinski definition) is 2. The molecule has 0 saturated heterocycles. The van der Waals surface area contributed by atoms with Crippen LogP contribution < -0.4 is 3.58 Å². The van der Waals surface area contributed by atoms with Gasteiger partial charge < -0.3 is 10.2 Å². The van der Waals surface area contributed by atoms with Crippen LogP contribution in [0, 0.1) is 6.92 Å². The predicted molar refractivity (Wildman–Crippen MR) is 76.1 cm³/mol. The number of carboxylic acids is 2. The maximum atomic E-state index is 9.55. The molecular weight excluding hydrogens is 351 g/mol. The van der Waals surface area contributed by atoms with Crippen molar-refractivity contribution in [2.45, 2.75) is 24.7 Å². The van der Waals surface area contributed by atoms with E-state index in [0.717, 1.165) is 0 Å². The van der Waals surface area contributed by atoms with Crippen molar-refractivity contribution in [2.24, 2.45) is 0 Å². The number of aryl methyl sites for hydroxylation is 1. The molecule has 102 valence electrons. The summed E-state index contributed by atoms with van der Waals surface area (Å²) in [6, 6.07) is 8.83. The summed E-state index contributed by atoms with van der Waals surface area (Å²) in [6.45, 7) is 4.50. The van der Waals surface area contributed by atoms with Gasteiger partial charge in [-0.05, 0) is 0 Å². The summed E-state index contributed by atoms with van der Waals surface area (Å²) < 4.78 is 3.16. The Morgan fingerprint density at radius 2 is 1.68 bits per heavy atom. The average molecular weight is 369 g/mol. The molecule has 0 fully saturated rings. The Balaban J connectivity index is 0.000000362. The van der Waals surface area contributed by atoms with Crippen molar-refractivity contribution < 1.29 is 19.8 Å². The molecule has 2 radical (unpaired) electrons. The van der Waals surface area contributed by atoms with Crippen LogP contribution in [0.25, 0.3) is 0 Å². The first-order valence-corrected chi connectivity index (χ1v) is 9.35. The minimum atomic E-state index is -1.26. The van der Waals surface area contributed by atoms with Gasteiger partial charge in [0.15, 0.2) is 0 Å². The van der Waals surface area contributed by atoms with Crippen molar-refractivity contribution in [3.8, 4) is 0 Å². The molecule has 2 N–H and O–H groups in total. The van der Waals surface area contributed by atoms with E-state index >= 15 is 0 Å². The van der Waals surface area contributed by atoms with Gasteiger partial charge in [0.05, 0.1) is 0 Å². The number of hydrogen-bond acceptors (Lipinski definition) is 2. The fourth-order valence-corrected chi connectivity index (χ4v) is 4.30. The molecule has 0 aliphatic rings. The minimum Gasteiger partial charge on any atom is -0.478 e. The molecule has 4 nitrogen and oxygen atoms in total. The normalized spacial score (nSPS) is 9.79. The largest absolute Gasteiger partial charge is 0.478 e. The van der Waals surface area contributed by atoms with E-state index in [-0.39, 0.29) is 21.1 Å². The summed E-state index contributed by atoms with van der Waals surface area (Å²) in [4.78, 5) is 19.1. The van der Waals surface area contributed by atoms with E-state index in [0.29, 0.717) is 12.2 Å². The van der Waals surface area contributed by atoms with Crippen LogP contribution in [0.15, 0.2) is 36.4 Å². The van der Waals surface area contributed by atoms with Crippen molar-refractivity contribution in [2.75, 3.05) is 0 Å². The van der Waals surface area contributed by atoms with Gasteiger partial charge in [0.2, 0.25) is 0 Å². The SMILES string of the molecule is CC[CH2][Sn][c]1ccccc1C.O=C(O)/C=C/C(=O)O. The van der Waals surface area contributed by atoms with E-state index in [1.807, 2.05) is 0 Å². The fraction of sp³-hybridized carbons (Fsp3) is 0.286. The third-order valence-electron chi connectivity index (χ3n) is 2.08. The molecule has 0 unspecified atom stereocenters. The molecule has 1 rings (SSSR count).